The van der Waals surface area contributed by atoms with Crippen LogP contribution < -0.4 is 5.32 Å². The minimum absolute atomic E-state index is 0.0652. The van der Waals surface area contributed by atoms with Crippen molar-refractivity contribution in [3.05, 3.63) is 59.4 Å². The molecule has 0 unspecified atom stereocenters. The van der Waals surface area contributed by atoms with Crippen molar-refractivity contribution in [2.24, 2.45) is 0 Å². The van der Waals surface area contributed by atoms with Gasteiger partial charge < -0.3 is 15.3 Å². The lowest BCUT2D eigenvalue weighted by Gasteiger charge is -2.27. The van der Waals surface area contributed by atoms with E-state index in [-0.39, 0.29) is 11.7 Å². The van der Waals surface area contributed by atoms with Gasteiger partial charge in [-0.2, -0.15) is 8.78 Å². The number of carbonyl (C=O) groups is 1. The summed E-state index contributed by atoms with van der Waals surface area (Å²) < 4.78 is 33.1. The van der Waals surface area contributed by atoms with Gasteiger partial charge in [0.2, 0.25) is 0 Å². The summed E-state index contributed by atoms with van der Waals surface area (Å²) in [5.74, 6) is -0.187. The van der Waals surface area contributed by atoms with E-state index in [4.69, 9.17) is 5.11 Å². The number of aryl methyl sites for hydroxylation is 1. The minimum atomic E-state index is -3.17. The summed E-state index contributed by atoms with van der Waals surface area (Å²) in [5, 5.41) is 9.96. The number of nitrogens with one attached hydrogen (secondary N) is 1. The molecule has 1 amide bonds. The molecule has 4 nitrogen and oxygen atoms in total. The van der Waals surface area contributed by atoms with Crippen molar-refractivity contribution in [3.63, 3.8) is 0 Å². The minimum Gasteiger partial charge on any atom is -0.339 e. The predicted octanol–water partition coefficient (Wildman–Crippen LogP) is 3.05. The van der Waals surface area contributed by atoms with Crippen LogP contribution in [0.2, 0.25) is 0 Å². The third-order valence-electron chi connectivity index (χ3n) is 4.01. The molecule has 1 saturated heterocycles. The van der Waals surface area contributed by atoms with E-state index in [1.54, 1.807) is 6.07 Å². The van der Waals surface area contributed by atoms with Crippen LogP contribution in [0.5, 0.6) is 0 Å². The van der Waals surface area contributed by atoms with Gasteiger partial charge in [0.05, 0.1) is 0 Å². The number of hydrogen-bond donors (Lipinski definition) is 2. The Labute approximate surface area is 150 Å². The van der Waals surface area contributed by atoms with Gasteiger partial charge in [-0.3, -0.25) is 4.79 Å². The molecule has 3 rings (SSSR count). The number of rotatable bonds is 2. The maximum absolute atomic E-state index is 13.4. The summed E-state index contributed by atoms with van der Waals surface area (Å²) in [5.41, 5.74) is 3.46. The van der Waals surface area contributed by atoms with Crippen LogP contribution in [0.4, 0.5) is 13.2 Å². The Bertz CT molecular complexity index is 745. The molecule has 0 aromatic heterocycles. The third-order valence-corrected chi connectivity index (χ3v) is 4.01. The number of nitrogens with zero attached hydrogens (tertiary/aromatic N) is 1. The van der Waals surface area contributed by atoms with E-state index < -0.39 is 6.61 Å². The topological polar surface area (TPSA) is 52.6 Å². The molecule has 1 fully saturated rings. The molecule has 0 radical (unpaired) electrons. The van der Waals surface area contributed by atoms with Crippen molar-refractivity contribution in [2.75, 3.05) is 26.2 Å². The first kappa shape index (κ1) is 19.9. The van der Waals surface area contributed by atoms with Crippen LogP contribution in [0.25, 0.3) is 11.1 Å². The molecule has 0 spiro atoms. The standard InChI is InChI=1S/C18H19FN2O.CH2F2O/c1-13-11-15(18(22)21-9-7-20-8-10-21)5-6-17(13)14-3-2-4-16(19)12-14;2-1(3)4/h2-6,11-12,20H,7-10H2,1H3;1,4H. The van der Waals surface area contributed by atoms with Crippen molar-refractivity contribution in [3.8, 4) is 11.1 Å². The fourth-order valence-electron chi connectivity index (χ4n) is 2.83. The maximum atomic E-state index is 13.4. The van der Waals surface area contributed by atoms with Crippen LogP contribution in [-0.4, -0.2) is 48.7 Å². The van der Waals surface area contributed by atoms with Crippen LogP contribution in [-0.2, 0) is 0 Å². The molecule has 26 heavy (non-hydrogen) atoms. The van der Waals surface area contributed by atoms with Crippen LogP contribution in [0.15, 0.2) is 42.5 Å². The number of alkyl halides is 2. The van der Waals surface area contributed by atoms with Gasteiger partial charge in [0.15, 0.2) is 0 Å². The largest absolute Gasteiger partial charge is 0.342 e. The lowest BCUT2D eigenvalue weighted by atomic mass is 9.98. The van der Waals surface area contributed by atoms with Gasteiger partial charge in [0.1, 0.15) is 5.82 Å². The first-order chi connectivity index (χ1) is 12.4. The van der Waals surface area contributed by atoms with E-state index in [1.165, 1.54) is 12.1 Å². The average molecular weight is 366 g/mol. The van der Waals surface area contributed by atoms with E-state index >= 15 is 0 Å². The Morgan fingerprint density at radius 2 is 1.81 bits per heavy atom. The fraction of sp³-hybridized carbons (Fsp3) is 0.316. The molecule has 1 aliphatic rings. The number of aliphatic hydroxyl groups excluding tert-OH is 1. The van der Waals surface area contributed by atoms with Crippen molar-refractivity contribution < 1.29 is 23.1 Å². The van der Waals surface area contributed by atoms with E-state index in [1.807, 2.05) is 36.1 Å². The van der Waals surface area contributed by atoms with Crippen molar-refractivity contribution >= 4 is 5.91 Å². The highest BCUT2D eigenvalue weighted by Gasteiger charge is 2.18. The molecular weight excluding hydrogens is 345 g/mol. The first-order valence-corrected chi connectivity index (χ1v) is 8.21. The van der Waals surface area contributed by atoms with Crippen LogP contribution in [0.1, 0.15) is 15.9 Å². The zero-order valence-corrected chi connectivity index (χ0v) is 14.4. The van der Waals surface area contributed by atoms with Gasteiger partial charge in [-0.25, -0.2) is 4.39 Å². The zero-order valence-electron chi connectivity index (χ0n) is 14.4. The molecule has 0 saturated carbocycles. The molecule has 2 aromatic carbocycles. The molecule has 7 heteroatoms. The quantitative estimate of drug-likeness (QED) is 0.859. The maximum Gasteiger partial charge on any atom is 0.342 e. The Hall–Kier alpha value is -2.38. The number of amides is 1. The highest BCUT2D eigenvalue weighted by Crippen LogP contribution is 2.25. The molecule has 0 aliphatic carbocycles. The SMILES string of the molecule is Cc1cc(C(=O)N2CCNCC2)ccc1-c1cccc(F)c1.OC(F)F. The highest BCUT2D eigenvalue weighted by molar-refractivity contribution is 5.95. The normalized spacial score (nSPS) is 14.0. The summed E-state index contributed by atoms with van der Waals surface area (Å²) in [6.45, 7) is 1.94. The van der Waals surface area contributed by atoms with Gasteiger partial charge in [-0.1, -0.05) is 18.2 Å². The number of carbonyl (C=O) groups excluding carboxylic acids is 1. The second kappa shape index (κ2) is 9.35. The molecule has 2 N–H and O–H groups in total. The summed E-state index contributed by atoms with van der Waals surface area (Å²) in [4.78, 5) is 14.4. The zero-order chi connectivity index (χ0) is 19.1. The fourth-order valence-corrected chi connectivity index (χ4v) is 2.83. The van der Waals surface area contributed by atoms with Crippen LogP contribution in [0, 0.1) is 12.7 Å². The molecule has 2 aromatic rings. The average Bonchev–Trinajstić information content (AvgIpc) is 2.61. The van der Waals surface area contributed by atoms with Crippen LogP contribution >= 0.6 is 0 Å². The summed E-state index contributed by atoms with van der Waals surface area (Å²) in [6.07, 6.45) is 0. The second-order valence-electron chi connectivity index (χ2n) is 5.86. The smallest absolute Gasteiger partial charge is 0.339 e. The van der Waals surface area contributed by atoms with Crippen molar-refractivity contribution in [1.82, 2.24) is 10.2 Å². The molecule has 1 heterocycles. The van der Waals surface area contributed by atoms with Gasteiger partial charge in [-0.05, 0) is 47.9 Å². The van der Waals surface area contributed by atoms with Gasteiger partial charge in [0, 0.05) is 31.7 Å². The lowest BCUT2D eigenvalue weighted by molar-refractivity contribution is -0.0728. The molecule has 0 bridgehead atoms. The van der Waals surface area contributed by atoms with Crippen molar-refractivity contribution in [2.45, 2.75) is 13.5 Å². The third kappa shape index (κ3) is 5.57. The number of halogens is 3. The Morgan fingerprint density at radius 1 is 1.15 bits per heavy atom. The number of piperazine rings is 1. The van der Waals surface area contributed by atoms with E-state index in [0.29, 0.717) is 5.56 Å². The first-order valence-electron chi connectivity index (χ1n) is 8.21. The molecular formula is C19H21F3N2O2. The second-order valence-corrected chi connectivity index (χ2v) is 5.86. The molecule has 0 atom stereocenters. The van der Waals surface area contributed by atoms with E-state index in [0.717, 1.165) is 42.9 Å². The predicted molar refractivity (Wildman–Crippen MR) is 93.6 cm³/mol. The monoisotopic (exact) mass is 366 g/mol. The summed E-state index contributed by atoms with van der Waals surface area (Å²) >= 11 is 0. The number of aliphatic hydroxyl groups is 1. The Kier molecular flexibility index (Phi) is 7.17. The van der Waals surface area contributed by atoms with Gasteiger partial charge in [0.25, 0.3) is 5.91 Å². The van der Waals surface area contributed by atoms with E-state index in [9.17, 15) is 18.0 Å². The van der Waals surface area contributed by atoms with Gasteiger partial charge in [-0.15, -0.1) is 0 Å². The summed E-state index contributed by atoms with van der Waals surface area (Å²) in [7, 11) is 0. The number of hydrogen-bond acceptors (Lipinski definition) is 3. The lowest BCUT2D eigenvalue weighted by Crippen LogP contribution is -2.46. The van der Waals surface area contributed by atoms with Crippen molar-refractivity contribution in [1.29, 1.82) is 0 Å². The van der Waals surface area contributed by atoms with Crippen LogP contribution in [0.3, 0.4) is 0 Å². The van der Waals surface area contributed by atoms with Gasteiger partial charge >= 0.3 is 6.61 Å². The Balaban J connectivity index is 0.000000552. The summed E-state index contributed by atoms with van der Waals surface area (Å²) in [6, 6.07) is 12.1. The number of benzene rings is 2. The highest BCUT2D eigenvalue weighted by atomic mass is 19.3. The van der Waals surface area contributed by atoms with E-state index in [2.05, 4.69) is 5.32 Å². The molecule has 140 valence electrons. The Morgan fingerprint density at radius 3 is 2.38 bits per heavy atom. The molecule has 1 aliphatic heterocycles.